The van der Waals surface area contributed by atoms with Crippen LogP contribution < -0.4 is 14.8 Å². The summed E-state index contributed by atoms with van der Waals surface area (Å²) in [6.45, 7) is 2.39. The highest BCUT2D eigenvalue weighted by Gasteiger charge is 2.29. The number of hydrogen-bond acceptors (Lipinski definition) is 4. The largest absolute Gasteiger partial charge is 0.493 e. The molecule has 0 aromatic heterocycles. The summed E-state index contributed by atoms with van der Waals surface area (Å²) in [5.41, 5.74) is 0.880. The number of rotatable bonds is 7. The Hall–Kier alpha value is -2.06. The number of benzene rings is 2. The van der Waals surface area contributed by atoms with Crippen molar-refractivity contribution < 1.29 is 17.9 Å². The maximum Gasteiger partial charge on any atom is 0.261 e. The zero-order chi connectivity index (χ0) is 18.7. The predicted octanol–water partition coefficient (Wildman–Crippen LogP) is 4.00. The molecule has 1 aliphatic carbocycles. The molecule has 1 amide bonds. The van der Waals surface area contributed by atoms with Crippen LogP contribution in [0.1, 0.15) is 19.8 Å². The molecule has 6 nitrogen and oxygen atoms in total. The van der Waals surface area contributed by atoms with Crippen molar-refractivity contribution in [1.82, 2.24) is 0 Å². The third kappa shape index (κ3) is 4.56. The lowest BCUT2D eigenvalue weighted by Gasteiger charge is -2.12. The molecule has 2 aromatic rings. The van der Waals surface area contributed by atoms with Gasteiger partial charge in [-0.2, -0.15) is 0 Å². The molecule has 0 bridgehead atoms. The molecule has 1 saturated carbocycles. The standard InChI is InChI=1S/C18H19BrN2O4S/c1-2-25-17-9-8-14(11-16(17)19)21-26(23,24)15-5-3-4-13(10-15)20-18(22)12-6-7-12/h3-5,8-12,21H,2,6-7H2,1H3,(H,20,22). The summed E-state index contributed by atoms with van der Waals surface area (Å²) in [7, 11) is -3.78. The quantitative estimate of drug-likeness (QED) is 0.683. The highest BCUT2D eigenvalue weighted by molar-refractivity contribution is 9.10. The molecule has 0 spiro atoms. The van der Waals surface area contributed by atoms with Gasteiger partial charge in [0.25, 0.3) is 10.0 Å². The first-order chi connectivity index (χ1) is 12.4. The van der Waals surface area contributed by atoms with Crippen LogP contribution in [0, 0.1) is 5.92 Å². The zero-order valence-corrected chi connectivity index (χ0v) is 16.6. The minimum Gasteiger partial charge on any atom is -0.493 e. The third-order valence-electron chi connectivity index (χ3n) is 3.84. The first-order valence-corrected chi connectivity index (χ1v) is 10.5. The van der Waals surface area contributed by atoms with Crippen LogP contribution in [0.25, 0.3) is 0 Å². The number of anilines is 2. The van der Waals surface area contributed by atoms with Crippen molar-refractivity contribution in [2.45, 2.75) is 24.7 Å². The second-order valence-electron chi connectivity index (χ2n) is 5.98. The summed E-state index contributed by atoms with van der Waals surface area (Å²) in [4.78, 5) is 11.9. The average molecular weight is 439 g/mol. The van der Waals surface area contributed by atoms with E-state index in [1.807, 2.05) is 6.92 Å². The minimum atomic E-state index is -3.78. The summed E-state index contributed by atoms with van der Waals surface area (Å²) in [5, 5.41) is 2.76. The fourth-order valence-electron chi connectivity index (χ4n) is 2.38. The molecular formula is C18H19BrN2O4S. The highest BCUT2D eigenvalue weighted by Crippen LogP contribution is 2.31. The summed E-state index contributed by atoms with van der Waals surface area (Å²) in [5.74, 6) is 0.623. The molecule has 1 fully saturated rings. The van der Waals surface area contributed by atoms with Crippen molar-refractivity contribution in [3.8, 4) is 5.75 Å². The van der Waals surface area contributed by atoms with E-state index in [1.54, 1.807) is 30.3 Å². The fourth-order valence-corrected chi connectivity index (χ4v) is 3.97. The summed E-state index contributed by atoms with van der Waals surface area (Å²) < 4.78 is 33.9. The second kappa shape index (κ2) is 7.67. The lowest BCUT2D eigenvalue weighted by Crippen LogP contribution is -2.15. The Kier molecular flexibility index (Phi) is 5.52. The third-order valence-corrected chi connectivity index (χ3v) is 5.84. The van der Waals surface area contributed by atoms with E-state index in [2.05, 4.69) is 26.0 Å². The van der Waals surface area contributed by atoms with Crippen LogP contribution in [0.4, 0.5) is 11.4 Å². The highest BCUT2D eigenvalue weighted by atomic mass is 79.9. The lowest BCUT2D eigenvalue weighted by atomic mass is 10.3. The molecule has 26 heavy (non-hydrogen) atoms. The van der Waals surface area contributed by atoms with Gasteiger partial charge in [-0.25, -0.2) is 8.42 Å². The molecule has 0 aliphatic heterocycles. The number of amides is 1. The Morgan fingerprint density at radius 2 is 1.96 bits per heavy atom. The SMILES string of the molecule is CCOc1ccc(NS(=O)(=O)c2cccc(NC(=O)C3CC3)c2)cc1Br. The van der Waals surface area contributed by atoms with Crippen LogP contribution in [0.15, 0.2) is 51.8 Å². The molecule has 0 atom stereocenters. The number of ether oxygens (including phenoxy) is 1. The van der Waals surface area contributed by atoms with Crippen molar-refractivity contribution in [3.63, 3.8) is 0 Å². The molecule has 2 N–H and O–H groups in total. The molecule has 0 radical (unpaired) electrons. The topological polar surface area (TPSA) is 84.5 Å². The van der Waals surface area contributed by atoms with Crippen LogP contribution in [-0.2, 0) is 14.8 Å². The fraction of sp³-hybridized carbons (Fsp3) is 0.278. The molecule has 8 heteroatoms. The molecule has 1 aliphatic rings. The van der Waals surface area contributed by atoms with Gasteiger partial charge in [-0.3, -0.25) is 9.52 Å². The van der Waals surface area contributed by atoms with Gasteiger partial charge in [-0.15, -0.1) is 0 Å². The van der Waals surface area contributed by atoms with Gasteiger partial charge in [0, 0.05) is 11.6 Å². The van der Waals surface area contributed by atoms with Gasteiger partial charge in [-0.05, 0) is 72.1 Å². The van der Waals surface area contributed by atoms with E-state index < -0.39 is 10.0 Å². The lowest BCUT2D eigenvalue weighted by molar-refractivity contribution is -0.117. The van der Waals surface area contributed by atoms with Crippen LogP contribution in [-0.4, -0.2) is 20.9 Å². The number of carbonyl (C=O) groups is 1. The number of sulfonamides is 1. The molecule has 0 heterocycles. The van der Waals surface area contributed by atoms with Gasteiger partial charge in [0.05, 0.1) is 21.7 Å². The predicted molar refractivity (Wildman–Crippen MR) is 104 cm³/mol. The van der Waals surface area contributed by atoms with Gasteiger partial charge in [0.15, 0.2) is 0 Å². The normalized spacial score (nSPS) is 13.9. The number of halogens is 1. The molecule has 0 unspecified atom stereocenters. The van der Waals surface area contributed by atoms with Gasteiger partial charge in [0.1, 0.15) is 5.75 Å². The average Bonchev–Trinajstić information content (AvgIpc) is 3.42. The molecule has 3 rings (SSSR count). The van der Waals surface area contributed by atoms with Gasteiger partial charge in [-0.1, -0.05) is 6.07 Å². The van der Waals surface area contributed by atoms with E-state index >= 15 is 0 Å². The van der Waals surface area contributed by atoms with Crippen molar-refractivity contribution in [2.24, 2.45) is 5.92 Å². The molecular weight excluding hydrogens is 420 g/mol. The number of carbonyl (C=O) groups excluding carboxylic acids is 1. The van der Waals surface area contributed by atoms with Crippen LogP contribution in [0.2, 0.25) is 0 Å². The molecule has 138 valence electrons. The van der Waals surface area contributed by atoms with Crippen molar-refractivity contribution in [2.75, 3.05) is 16.6 Å². The first-order valence-electron chi connectivity index (χ1n) is 8.25. The van der Waals surface area contributed by atoms with Crippen molar-refractivity contribution in [3.05, 3.63) is 46.9 Å². The van der Waals surface area contributed by atoms with Gasteiger partial charge < -0.3 is 10.1 Å². The van der Waals surface area contributed by atoms with E-state index in [0.29, 0.717) is 28.2 Å². The second-order valence-corrected chi connectivity index (χ2v) is 8.51. The first kappa shape index (κ1) is 18.7. The minimum absolute atomic E-state index is 0.0505. The maximum absolute atomic E-state index is 12.6. The van der Waals surface area contributed by atoms with Crippen LogP contribution >= 0.6 is 15.9 Å². The zero-order valence-electron chi connectivity index (χ0n) is 14.2. The Morgan fingerprint density at radius 3 is 2.62 bits per heavy atom. The van der Waals surface area contributed by atoms with Gasteiger partial charge in [0.2, 0.25) is 5.91 Å². The monoisotopic (exact) mass is 438 g/mol. The smallest absolute Gasteiger partial charge is 0.261 e. The Bertz CT molecular complexity index is 927. The van der Waals surface area contributed by atoms with E-state index in [1.165, 1.54) is 12.1 Å². The summed E-state index contributed by atoms with van der Waals surface area (Å²) >= 11 is 3.36. The summed E-state index contributed by atoms with van der Waals surface area (Å²) in [6.07, 6.45) is 1.77. The Morgan fingerprint density at radius 1 is 1.19 bits per heavy atom. The number of nitrogens with one attached hydrogen (secondary N) is 2. The van der Waals surface area contributed by atoms with E-state index in [4.69, 9.17) is 4.74 Å². The van der Waals surface area contributed by atoms with Crippen molar-refractivity contribution >= 4 is 43.2 Å². The van der Waals surface area contributed by atoms with E-state index in [0.717, 1.165) is 12.8 Å². The van der Waals surface area contributed by atoms with Crippen LogP contribution in [0.5, 0.6) is 5.75 Å². The van der Waals surface area contributed by atoms with Crippen molar-refractivity contribution in [1.29, 1.82) is 0 Å². The maximum atomic E-state index is 12.6. The molecule has 2 aromatic carbocycles. The van der Waals surface area contributed by atoms with Gasteiger partial charge >= 0.3 is 0 Å². The Balaban J connectivity index is 1.77. The Labute approximate surface area is 161 Å². The van der Waals surface area contributed by atoms with Crippen LogP contribution in [0.3, 0.4) is 0 Å². The van der Waals surface area contributed by atoms with E-state index in [9.17, 15) is 13.2 Å². The number of hydrogen-bond donors (Lipinski definition) is 2. The molecule has 0 saturated heterocycles. The summed E-state index contributed by atoms with van der Waals surface area (Å²) in [6, 6.07) is 11.2. The van der Waals surface area contributed by atoms with E-state index in [-0.39, 0.29) is 16.7 Å².